The van der Waals surface area contributed by atoms with E-state index in [1.54, 1.807) is 20.8 Å². The van der Waals surface area contributed by atoms with Gasteiger partial charge in [-0.25, -0.2) is 13.2 Å². The summed E-state index contributed by atoms with van der Waals surface area (Å²) in [7, 11) is -4.00. The van der Waals surface area contributed by atoms with Crippen LogP contribution in [0.4, 0.5) is 18.0 Å². The van der Waals surface area contributed by atoms with E-state index < -0.39 is 45.3 Å². The van der Waals surface area contributed by atoms with Gasteiger partial charge in [-0.15, -0.1) is 0 Å². The molecule has 1 saturated heterocycles. The van der Waals surface area contributed by atoms with E-state index in [0.717, 1.165) is 29.2 Å². The highest BCUT2D eigenvalue weighted by molar-refractivity contribution is 7.89. The molecule has 4 atom stereocenters. The van der Waals surface area contributed by atoms with Gasteiger partial charge in [0.2, 0.25) is 15.9 Å². The summed E-state index contributed by atoms with van der Waals surface area (Å²) in [6, 6.07) is 2.25. The van der Waals surface area contributed by atoms with Crippen LogP contribution >= 0.6 is 0 Å². The molecule has 0 aromatic heterocycles. The van der Waals surface area contributed by atoms with Gasteiger partial charge >= 0.3 is 12.3 Å². The largest absolute Gasteiger partial charge is 0.465 e. The Morgan fingerprint density at radius 2 is 1.75 bits per heavy atom. The Balaban J connectivity index is 1.73. The molecule has 2 fully saturated rings. The van der Waals surface area contributed by atoms with Crippen LogP contribution in [0.15, 0.2) is 29.2 Å². The first kappa shape index (κ1) is 28.2. The SMILES string of the molecule is CCCC(C(=O)N[C@H]1CC[C@@H]2CN(S(=O)(=O)c3ccc(C(F)(F)F)cc3)C[C@@H]21)N(C(=O)O)C(C)(C)C. The van der Waals surface area contributed by atoms with Crippen LogP contribution in [0.1, 0.15) is 58.9 Å². The van der Waals surface area contributed by atoms with Gasteiger partial charge in [-0.05, 0) is 76.1 Å². The normalized spacial score (nSPS) is 23.8. The highest BCUT2D eigenvalue weighted by atomic mass is 32.2. The molecule has 36 heavy (non-hydrogen) atoms. The van der Waals surface area contributed by atoms with Crippen molar-refractivity contribution in [3.8, 4) is 0 Å². The molecular weight excluding hydrogens is 499 g/mol. The quantitative estimate of drug-likeness (QED) is 0.547. The number of sulfonamides is 1. The van der Waals surface area contributed by atoms with Gasteiger partial charge in [0.25, 0.3) is 0 Å². The molecule has 1 aliphatic carbocycles. The van der Waals surface area contributed by atoms with E-state index in [-0.39, 0.29) is 35.9 Å². The van der Waals surface area contributed by atoms with Crippen molar-refractivity contribution in [1.82, 2.24) is 14.5 Å². The average Bonchev–Trinajstić information content (AvgIpc) is 3.34. The molecule has 2 aliphatic rings. The van der Waals surface area contributed by atoms with E-state index in [0.29, 0.717) is 25.7 Å². The van der Waals surface area contributed by atoms with Crippen molar-refractivity contribution in [1.29, 1.82) is 0 Å². The summed E-state index contributed by atoms with van der Waals surface area (Å²) in [5.41, 5.74) is -1.71. The predicted octanol–water partition coefficient (Wildman–Crippen LogP) is 4.17. The maximum atomic E-state index is 13.2. The van der Waals surface area contributed by atoms with Gasteiger partial charge < -0.3 is 10.4 Å². The summed E-state index contributed by atoms with van der Waals surface area (Å²) in [6.45, 7) is 7.41. The first-order valence-corrected chi connectivity index (χ1v) is 13.5. The summed E-state index contributed by atoms with van der Waals surface area (Å²) in [4.78, 5) is 26.2. The summed E-state index contributed by atoms with van der Waals surface area (Å²) >= 11 is 0. The zero-order valence-corrected chi connectivity index (χ0v) is 21.7. The average molecular weight is 534 g/mol. The van der Waals surface area contributed by atoms with Gasteiger partial charge in [0.15, 0.2) is 0 Å². The fourth-order valence-electron chi connectivity index (χ4n) is 5.38. The Morgan fingerprint density at radius 1 is 1.14 bits per heavy atom. The number of nitrogens with one attached hydrogen (secondary N) is 1. The Labute approximate surface area is 209 Å². The van der Waals surface area contributed by atoms with Crippen molar-refractivity contribution >= 4 is 22.0 Å². The third-order valence-corrected chi connectivity index (χ3v) is 8.92. The molecule has 1 saturated carbocycles. The van der Waals surface area contributed by atoms with E-state index in [4.69, 9.17) is 0 Å². The minimum atomic E-state index is -4.56. The topological polar surface area (TPSA) is 107 Å². The number of hydrogen-bond acceptors (Lipinski definition) is 4. The number of fused-ring (bicyclic) bond motifs is 1. The fraction of sp³-hybridized carbons (Fsp3) is 0.667. The molecule has 0 radical (unpaired) electrons. The Hall–Kier alpha value is -2.34. The number of carboxylic acid groups (broad SMARTS) is 1. The number of rotatable bonds is 7. The predicted molar refractivity (Wildman–Crippen MR) is 127 cm³/mol. The van der Waals surface area contributed by atoms with Crippen LogP contribution in [0.2, 0.25) is 0 Å². The molecule has 3 rings (SSSR count). The minimum absolute atomic E-state index is 0.00217. The van der Waals surface area contributed by atoms with Crippen LogP contribution in [0.25, 0.3) is 0 Å². The van der Waals surface area contributed by atoms with E-state index in [9.17, 15) is 36.3 Å². The highest BCUT2D eigenvalue weighted by Crippen LogP contribution is 2.40. The van der Waals surface area contributed by atoms with Crippen LogP contribution in [-0.2, 0) is 21.0 Å². The van der Waals surface area contributed by atoms with Crippen LogP contribution in [0.5, 0.6) is 0 Å². The molecule has 1 aliphatic heterocycles. The zero-order valence-electron chi connectivity index (χ0n) is 20.9. The zero-order chi connectivity index (χ0) is 27.1. The maximum Gasteiger partial charge on any atom is 0.416 e. The molecule has 0 spiro atoms. The minimum Gasteiger partial charge on any atom is -0.465 e. The Bertz CT molecular complexity index is 1070. The van der Waals surface area contributed by atoms with Crippen molar-refractivity contribution in [2.45, 2.75) is 82.1 Å². The molecule has 202 valence electrons. The van der Waals surface area contributed by atoms with Crippen molar-refractivity contribution in [2.24, 2.45) is 11.8 Å². The summed E-state index contributed by atoms with van der Waals surface area (Å²) in [5, 5.41) is 12.8. The number of benzene rings is 1. The fourth-order valence-corrected chi connectivity index (χ4v) is 6.92. The van der Waals surface area contributed by atoms with Crippen LogP contribution in [0.3, 0.4) is 0 Å². The molecule has 2 amide bonds. The second kappa shape index (κ2) is 10.2. The molecule has 2 N–H and O–H groups in total. The number of carbonyl (C=O) groups excluding carboxylic acids is 1. The number of halogens is 3. The second-order valence-electron chi connectivity index (χ2n) is 10.6. The standard InChI is InChI=1S/C24H34F3N3O5S/c1-5-6-20(30(22(32)33)23(2,3)4)21(31)28-19-12-7-15-13-29(14-18(15)19)36(34,35)17-10-8-16(9-11-17)24(25,26)27/h8-11,15,18-20H,5-7,12-14H2,1-4H3,(H,28,31)(H,32,33)/t15-,18+,19+,20?/m1/s1. The van der Waals surface area contributed by atoms with Crippen molar-refractivity contribution in [3.05, 3.63) is 29.8 Å². The van der Waals surface area contributed by atoms with E-state index in [2.05, 4.69) is 5.32 Å². The molecule has 8 nitrogen and oxygen atoms in total. The molecule has 1 unspecified atom stereocenters. The van der Waals surface area contributed by atoms with E-state index in [1.165, 1.54) is 4.31 Å². The third kappa shape index (κ3) is 5.80. The van der Waals surface area contributed by atoms with Crippen LogP contribution < -0.4 is 5.32 Å². The van der Waals surface area contributed by atoms with Crippen molar-refractivity contribution < 1.29 is 36.3 Å². The lowest BCUT2D eigenvalue weighted by Gasteiger charge is -2.39. The van der Waals surface area contributed by atoms with Gasteiger partial charge in [0, 0.05) is 24.7 Å². The van der Waals surface area contributed by atoms with Gasteiger partial charge in [-0.1, -0.05) is 13.3 Å². The number of amides is 2. The van der Waals surface area contributed by atoms with Gasteiger partial charge in [0.05, 0.1) is 10.5 Å². The molecule has 12 heteroatoms. The molecule has 1 aromatic carbocycles. The van der Waals surface area contributed by atoms with Crippen LogP contribution in [-0.4, -0.2) is 65.4 Å². The van der Waals surface area contributed by atoms with Gasteiger partial charge in [-0.3, -0.25) is 9.69 Å². The van der Waals surface area contributed by atoms with Gasteiger partial charge in [-0.2, -0.15) is 17.5 Å². The lowest BCUT2D eigenvalue weighted by Crippen LogP contribution is -2.58. The highest BCUT2D eigenvalue weighted by Gasteiger charge is 2.48. The molecule has 1 heterocycles. The number of alkyl halides is 3. The molecule has 1 aromatic rings. The van der Waals surface area contributed by atoms with E-state index >= 15 is 0 Å². The second-order valence-corrected chi connectivity index (χ2v) is 12.5. The van der Waals surface area contributed by atoms with Crippen molar-refractivity contribution in [2.75, 3.05) is 13.1 Å². The van der Waals surface area contributed by atoms with E-state index in [1.807, 2.05) is 6.92 Å². The first-order chi connectivity index (χ1) is 16.6. The molecular formula is C24H34F3N3O5S. The van der Waals surface area contributed by atoms with Gasteiger partial charge in [0.1, 0.15) is 6.04 Å². The third-order valence-electron chi connectivity index (χ3n) is 7.08. The van der Waals surface area contributed by atoms with Crippen LogP contribution in [0, 0.1) is 11.8 Å². The summed E-state index contributed by atoms with van der Waals surface area (Å²) < 4.78 is 66.1. The summed E-state index contributed by atoms with van der Waals surface area (Å²) in [6.07, 6.45) is -3.45. The maximum absolute atomic E-state index is 13.2. The first-order valence-electron chi connectivity index (χ1n) is 12.1. The monoisotopic (exact) mass is 533 g/mol. The number of nitrogens with zero attached hydrogens (tertiary/aromatic N) is 2. The number of hydrogen-bond donors (Lipinski definition) is 2. The molecule has 0 bridgehead atoms. The van der Waals surface area contributed by atoms with Crippen molar-refractivity contribution in [3.63, 3.8) is 0 Å². The smallest absolute Gasteiger partial charge is 0.416 e. The Kier molecular flexibility index (Phi) is 8.00. The lowest BCUT2D eigenvalue weighted by molar-refractivity contribution is -0.137. The number of carbonyl (C=O) groups is 2. The lowest BCUT2D eigenvalue weighted by atomic mass is 9.96. The summed E-state index contributed by atoms with van der Waals surface area (Å²) in [5.74, 6) is -0.556. The Morgan fingerprint density at radius 3 is 2.25 bits per heavy atom.